The summed E-state index contributed by atoms with van der Waals surface area (Å²) >= 11 is 3.39. The first-order valence-electron chi connectivity index (χ1n) is 6.74. The molecule has 0 spiro atoms. The van der Waals surface area contributed by atoms with Crippen LogP contribution in [0.1, 0.15) is 18.1 Å². The Morgan fingerprint density at radius 2 is 1.96 bits per heavy atom. The van der Waals surface area contributed by atoms with Gasteiger partial charge in [-0.25, -0.2) is 13.4 Å². The number of halogens is 1. The number of ether oxygens (including phenoxy) is 1. The molecule has 0 saturated carbocycles. The predicted molar refractivity (Wildman–Crippen MR) is 88.0 cm³/mol. The molecule has 1 aromatic carbocycles. The second kappa shape index (κ2) is 6.29. The Morgan fingerprint density at radius 1 is 1.22 bits per heavy atom. The van der Waals surface area contributed by atoms with Crippen molar-refractivity contribution in [3.63, 3.8) is 0 Å². The lowest BCUT2D eigenvalue weighted by Gasteiger charge is -2.08. The van der Waals surface area contributed by atoms with Crippen molar-refractivity contribution in [2.45, 2.75) is 17.6 Å². The number of sulfone groups is 1. The summed E-state index contributed by atoms with van der Waals surface area (Å²) in [5, 5.41) is 3.92. The molecule has 0 N–H and O–H groups in total. The Morgan fingerprint density at radius 3 is 2.57 bits per heavy atom. The molecule has 0 radical (unpaired) electrons. The highest BCUT2D eigenvalue weighted by Gasteiger charge is 2.24. The zero-order chi connectivity index (χ0) is 16.4. The molecular weight excluding hydrogens is 384 g/mol. The number of pyridine rings is 1. The molecule has 0 fully saturated rings. The van der Waals surface area contributed by atoms with Crippen molar-refractivity contribution in [2.24, 2.45) is 5.16 Å². The molecule has 1 atom stereocenters. The summed E-state index contributed by atoms with van der Waals surface area (Å²) in [6.07, 6.45) is 2.76. The number of hydrogen-bond donors (Lipinski definition) is 0. The zero-order valence-corrected chi connectivity index (χ0v) is 14.5. The molecular formula is C15H13BrN2O4S. The minimum Gasteiger partial charge on any atom is -0.438 e. The lowest BCUT2D eigenvalue weighted by Crippen LogP contribution is -2.08. The van der Waals surface area contributed by atoms with Crippen molar-refractivity contribution < 1.29 is 18.0 Å². The summed E-state index contributed by atoms with van der Waals surface area (Å²) in [5.41, 5.74) is 1.00. The quantitative estimate of drug-likeness (QED) is 0.796. The summed E-state index contributed by atoms with van der Waals surface area (Å²) in [6.45, 7) is 0. The van der Waals surface area contributed by atoms with Crippen LogP contribution in [0.3, 0.4) is 0 Å². The molecule has 1 aliphatic heterocycles. The molecule has 8 heteroatoms. The number of hydrogen-bond acceptors (Lipinski definition) is 6. The number of oxime groups is 1. The maximum atomic E-state index is 11.4. The summed E-state index contributed by atoms with van der Waals surface area (Å²) < 4.78 is 29.3. The molecule has 0 saturated heterocycles. The van der Waals surface area contributed by atoms with Gasteiger partial charge in [0.1, 0.15) is 5.75 Å². The first-order chi connectivity index (χ1) is 10.9. The topological polar surface area (TPSA) is 77.9 Å². The van der Waals surface area contributed by atoms with Gasteiger partial charge in [0.15, 0.2) is 21.0 Å². The van der Waals surface area contributed by atoms with Gasteiger partial charge in [0.05, 0.1) is 12.6 Å². The molecule has 0 aliphatic carbocycles. The van der Waals surface area contributed by atoms with Crippen LogP contribution in [-0.2, 0) is 14.7 Å². The van der Waals surface area contributed by atoms with Crippen molar-refractivity contribution in [3.8, 4) is 5.75 Å². The van der Waals surface area contributed by atoms with Crippen LogP contribution in [-0.4, -0.2) is 25.6 Å². The molecule has 0 amide bonds. The molecule has 0 unspecified atom stereocenters. The van der Waals surface area contributed by atoms with Gasteiger partial charge in [0.2, 0.25) is 5.90 Å². The molecule has 2 heterocycles. The van der Waals surface area contributed by atoms with Gasteiger partial charge >= 0.3 is 0 Å². The minimum atomic E-state index is -3.32. The van der Waals surface area contributed by atoms with E-state index in [2.05, 4.69) is 26.1 Å². The Bertz CT molecular complexity index is 833. The fourth-order valence-corrected chi connectivity index (χ4v) is 2.88. The van der Waals surface area contributed by atoms with Crippen LogP contribution in [0.5, 0.6) is 5.75 Å². The molecule has 3 rings (SSSR count). The van der Waals surface area contributed by atoms with E-state index in [1.807, 2.05) is 24.3 Å². The van der Waals surface area contributed by atoms with Gasteiger partial charge in [-0.3, -0.25) is 0 Å². The molecule has 1 aliphatic rings. The van der Waals surface area contributed by atoms with E-state index in [9.17, 15) is 8.42 Å². The van der Waals surface area contributed by atoms with E-state index in [1.165, 1.54) is 12.3 Å². The number of nitrogens with zero attached hydrogens (tertiary/aromatic N) is 2. The maximum Gasteiger partial charge on any atom is 0.235 e. The third-order valence-electron chi connectivity index (χ3n) is 3.21. The highest BCUT2D eigenvalue weighted by Crippen LogP contribution is 2.29. The van der Waals surface area contributed by atoms with Crippen molar-refractivity contribution in [1.29, 1.82) is 0 Å². The predicted octanol–water partition coefficient (Wildman–Crippen LogP) is 3.10. The summed E-state index contributed by atoms with van der Waals surface area (Å²) in [6, 6.07) is 10.7. The van der Waals surface area contributed by atoms with E-state index < -0.39 is 9.84 Å². The molecule has 6 nitrogen and oxygen atoms in total. The third kappa shape index (κ3) is 3.89. The van der Waals surface area contributed by atoms with Crippen LogP contribution < -0.4 is 4.74 Å². The monoisotopic (exact) mass is 396 g/mol. The SMILES string of the molecule is CS(=O)(=O)c1ccc(OC2=NO[C@H](c3ccc(Br)cc3)C2)cn1. The average Bonchev–Trinajstić information content (AvgIpc) is 2.96. The second-order valence-corrected chi connectivity index (χ2v) is 7.92. The van der Waals surface area contributed by atoms with Gasteiger partial charge in [-0.2, -0.15) is 0 Å². The molecule has 1 aromatic heterocycles. The normalized spacial score (nSPS) is 17.5. The van der Waals surface area contributed by atoms with E-state index in [0.717, 1.165) is 16.3 Å². The van der Waals surface area contributed by atoms with Crippen LogP contribution in [0.25, 0.3) is 0 Å². The number of benzene rings is 1. The molecule has 0 bridgehead atoms. The highest BCUT2D eigenvalue weighted by molar-refractivity contribution is 9.10. The van der Waals surface area contributed by atoms with Crippen LogP contribution in [0.4, 0.5) is 0 Å². The van der Waals surface area contributed by atoms with Crippen LogP contribution in [0.2, 0.25) is 0 Å². The highest BCUT2D eigenvalue weighted by atomic mass is 79.9. The van der Waals surface area contributed by atoms with Crippen molar-refractivity contribution >= 4 is 31.7 Å². The van der Waals surface area contributed by atoms with E-state index in [1.54, 1.807) is 6.07 Å². The van der Waals surface area contributed by atoms with Crippen molar-refractivity contribution in [2.75, 3.05) is 6.26 Å². The van der Waals surface area contributed by atoms with Gasteiger partial charge in [-0.1, -0.05) is 33.2 Å². The van der Waals surface area contributed by atoms with E-state index in [4.69, 9.17) is 9.57 Å². The average molecular weight is 397 g/mol. The Hall–Kier alpha value is -1.93. The van der Waals surface area contributed by atoms with E-state index in [0.29, 0.717) is 18.1 Å². The van der Waals surface area contributed by atoms with Crippen molar-refractivity contribution in [3.05, 3.63) is 52.6 Å². The van der Waals surface area contributed by atoms with Gasteiger partial charge in [-0.05, 0) is 29.8 Å². The third-order valence-corrected chi connectivity index (χ3v) is 4.74. The summed E-state index contributed by atoms with van der Waals surface area (Å²) in [4.78, 5) is 9.24. The molecule has 23 heavy (non-hydrogen) atoms. The fourth-order valence-electron chi connectivity index (χ4n) is 2.05. The first-order valence-corrected chi connectivity index (χ1v) is 9.42. The van der Waals surface area contributed by atoms with Gasteiger partial charge in [0.25, 0.3) is 0 Å². The Balaban J connectivity index is 1.65. The zero-order valence-electron chi connectivity index (χ0n) is 12.1. The smallest absolute Gasteiger partial charge is 0.235 e. The Kier molecular flexibility index (Phi) is 4.36. The first kappa shape index (κ1) is 15.9. The van der Waals surface area contributed by atoms with Crippen LogP contribution in [0.15, 0.2) is 57.2 Å². The van der Waals surface area contributed by atoms with Gasteiger partial charge in [0, 0.05) is 10.7 Å². The lowest BCUT2D eigenvalue weighted by atomic mass is 10.1. The van der Waals surface area contributed by atoms with E-state index >= 15 is 0 Å². The summed E-state index contributed by atoms with van der Waals surface area (Å²) in [5.74, 6) is 0.836. The molecule has 2 aromatic rings. The maximum absolute atomic E-state index is 11.4. The van der Waals surface area contributed by atoms with Crippen LogP contribution in [0, 0.1) is 0 Å². The number of rotatable bonds is 3. The van der Waals surface area contributed by atoms with Crippen molar-refractivity contribution in [1.82, 2.24) is 4.98 Å². The van der Waals surface area contributed by atoms with Crippen LogP contribution >= 0.6 is 15.9 Å². The van der Waals surface area contributed by atoms with Gasteiger partial charge in [-0.15, -0.1) is 0 Å². The lowest BCUT2D eigenvalue weighted by molar-refractivity contribution is 0.0855. The van der Waals surface area contributed by atoms with Gasteiger partial charge < -0.3 is 9.57 Å². The molecule has 120 valence electrons. The Labute approximate surface area is 142 Å². The number of aromatic nitrogens is 1. The van der Waals surface area contributed by atoms with E-state index in [-0.39, 0.29) is 11.1 Å². The summed E-state index contributed by atoms with van der Waals surface area (Å²) in [7, 11) is -3.32. The standard InChI is InChI=1S/C15H13BrN2O4S/c1-23(19,20)15-7-6-12(9-17-15)21-14-8-13(22-18-14)10-2-4-11(16)5-3-10/h2-7,9,13H,8H2,1H3/t13-/m0/s1. The minimum absolute atomic E-state index is 0.00204. The largest absolute Gasteiger partial charge is 0.438 e. The second-order valence-electron chi connectivity index (χ2n) is 5.04. The fraction of sp³-hybridized carbons (Fsp3) is 0.200.